The normalized spacial score (nSPS) is 11.6. The second-order valence-electron chi connectivity index (χ2n) is 3.05. The van der Waals surface area contributed by atoms with Gasteiger partial charge in [-0.1, -0.05) is 22.0 Å². The zero-order valence-corrected chi connectivity index (χ0v) is 10.4. The summed E-state index contributed by atoms with van der Waals surface area (Å²) in [6.07, 6.45) is 1.10. The predicted octanol–water partition coefficient (Wildman–Crippen LogP) is 1.81. The molecule has 0 aliphatic rings. The lowest BCUT2D eigenvalue weighted by atomic mass is 10.4. The first-order valence-electron chi connectivity index (χ1n) is 4.31. The average Bonchev–Trinajstić information content (AvgIpc) is 2.70. The van der Waals surface area contributed by atoms with E-state index < -0.39 is 9.84 Å². The maximum atomic E-state index is 11.9. The highest BCUT2D eigenvalue weighted by Gasteiger charge is 2.18. The maximum absolute atomic E-state index is 11.9. The molecular weight excluding hydrogens is 296 g/mol. The SMILES string of the molecule is O=S(=O)(Cc1nnco1)c1cccc(Br)c1. The van der Waals surface area contributed by atoms with Gasteiger partial charge in [0.25, 0.3) is 0 Å². The fourth-order valence-electron chi connectivity index (χ4n) is 1.17. The van der Waals surface area contributed by atoms with Gasteiger partial charge in [0.1, 0.15) is 5.75 Å². The van der Waals surface area contributed by atoms with E-state index in [2.05, 4.69) is 26.1 Å². The molecule has 0 unspecified atom stereocenters. The van der Waals surface area contributed by atoms with Crippen LogP contribution in [0.15, 0.2) is 44.4 Å². The van der Waals surface area contributed by atoms with Crippen LogP contribution in [-0.2, 0) is 15.6 Å². The van der Waals surface area contributed by atoms with E-state index in [4.69, 9.17) is 4.42 Å². The highest BCUT2D eigenvalue weighted by atomic mass is 79.9. The van der Waals surface area contributed by atoms with Crippen LogP contribution in [-0.4, -0.2) is 18.6 Å². The van der Waals surface area contributed by atoms with E-state index in [1.165, 1.54) is 12.1 Å². The van der Waals surface area contributed by atoms with Gasteiger partial charge in [0.05, 0.1) is 4.90 Å². The molecule has 0 spiro atoms. The molecule has 0 fully saturated rings. The van der Waals surface area contributed by atoms with Crippen LogP contribution in [0, 0.1) is 0 Å². The maximum Gasteiger partial charge on any atom is 0.231 e. The topological polar surface area (TPSA) is 73.1 Å². The summed E-state index contributed by atoms with van der Waals surface area (Å²) >= 11 is 3.22. The molecule has 84 valence electrons. The summed E-state index contributed by atoms with van der Waals surface area (Å²) in [6, 6.07) is 6.47. The van der Waals surface area contributed by atoms with Crippen LogP contribution < -0.4 is 0 Å². The molecule has 5 nitrogen and oxygen atoms in total. The molecule has 2 aromatic rings. The summed E-state index contributed by atoms with van der Waals surface area (Å²) in [5.41, 5.74) is 0. The molecule has 1 aromatic carbocycles. The second-order valence-corrected chi connectivity index (χ2v) is 5.95. The van der Waals surface area contributed by atoms with E-state index in [9.17, 15) is 8.42 Å². The van der Waals surface area contributed by atoms with Crippen LogP contribution in [0.2, 0.25) is 0 Å². The molecule has 0 saturated carbocycles. The molecule has 0 radical (unpaired) electrons. The summed E-state index contributed by atoms with van der Waals surface area (Å²) in [5.74, 6) is -0.205. The number of benzene rings is 1. The van der Waals surface area contributed by atoms with Crippen molar-refractivity contribution in [1.29, 1.82) is 0 Å². The zero-order valence-electron chi connectivity index (χ0n) is 8.00. The molecule has 7 heteroatoms. The van der Waals surface area contributed by atoms with Crippen LogP contribution in [0.4, 0.5) is 0 Å². The third-order valence-electron chi connectivity index (χ3n) is 1.87. The molecule has 0 amide bonds. The third kappa shape index (κ3) is 2.48. The summed E-state index contributed by atoms with van der Waals surface area (Å²) in [5, 5.41) is 6.97. The molecule has 0 N–H and O–H groups in total. The number of aromatic nitrogens is 2. The molecule has 0 saturated heterocycles. The molecule has 0 atom stereocenters. The molecule has 1 aromatic heterocycles. The van der Waals surface area contributed by atoms with Crippen molar-refractivity contribution in [3.8, 4) is 0 Å². The Morgan fingerprint density at radius 1 is 1.38 bits per heavy atom. The van der Waals surface area contributed by atoms with Gasteiger partial charge in [-0.3, -0.25) is 0 Å². The quantitative estimate of drug-likeness (QED) is 0.864. The minimum Gasteiger partial charge on any atom is -0.427 e. The van der Waals surface area contributed by atoms with Crippen molar-refractivity contribution in [2.75, 3.05) is 0 Å². The molecule has 0 aliphatic heterocycles. The van der Waals surface area contributed by atoms with E-state index in [1.807, 2.05) is 0 Å². The lowest BCUT2D eigenvalue weighted by Crippen LogP contribution is -2.05. The van der Waals surface area contributed by atoms with Crippen LogP contribution >= 0.6 is 15.9 Å². The van der Waals surface area contributed by atoms with E-state index in [-0.39, 0.29) is 16.5 Å². The van der Waals surface area contributed by atoms with Gasteiger partial charge in [0.2, 0.25) is 12.3 Å². The van der Waals surface area contributed by atoms with Gasteiger partial charge < -0.3 is 4.42 Å². The van der Waals surface area contributed by atoms with Crippen molar-refractivity contribution in [3.05, 3.63) is 41.0 Å². The number of hydrogen-bond donors (Lipinski definition) is 0. The van der Waals surface area contributed by atoms with Gasteiger partial charge >= 0.3 is 0 Å². The lowest BCUT2D eigenvalue weighted by molar-refractivity contribution is 0.506. The van der Waals surface area contributed by atoms with Gasteiger partial charge in [-0.2, -0.15) is 0 Å². The van der Waals surface area contributed by atoms with Gasteiger partial charge in [0.15, 0.2) is 9.84 Å². The first kappa shape index (κ1) is 11.3. The molecule has 2 rings (SSSR count). The van der Waals surface area contributed by atoms with Crippen LogP contribution in [0.25, 0.3) is 0 Å². The molecular formula is C9H7BrN2O3S. The number of sulfone groups is 1. The Hall–Kier alpha value is -1.21. The predicted molar refractivity (Wildman–Crippen MR) is 59.3 cm³/mol. The summed E-state index contributed by atoms with van der Waals surface area (Å²) in [6.45, 7) is 0. The Labute approximate surface area is 101 Å². The van der Waals surface area contributed by atoms with Crippen molar-refractivity contribution in [1.82, 2.24) is 10.2 Å². The molecule has 0 aliphatic carbocycles. The van der Waals surface area contributed by atoms with Crippen molar-refractivity contribution >= 4 is 25.8 Å². The first-order chi connectivity index (χ1) is 7.58. The van der Waals surface area contributed by atoms with E-state index in [1.54, 1.807) is 12.1 Å². The van der Waals surface area contributed by atoms with Gasteiger partial charge in [-0.15, -0.1) is 10.2 Å². The van der Waals surface area contributed by atoms with Crippen molar-refractivity contribution < 1.29 is 12.8 Å². The average molecular weight is 303 g/mol. The van der Waals surface area contributed by atoms with E-state index in [0.717, 1.165) is 6.39 Å². The Balaban J connectivity index is 2.33. The van der Waals surface area contributed by atoms with Crippen LogP contribution in [0.1, 0.15) is 5.89 Å². The van der Waals surface area contributed by atoms with E-state index in [0.29, 0.717) is 4.47 Å². The van der Waals surface area contributed by atoms with Gasteiger partial charge in [-0.05, 0) is 18.2 Å². The minimum absolute atomic E-state index is 0.0833. The summed E-state index contributed by atoms with van der Waals surface area (Å²) in [4.78, 5) is 0.222. The number of rotatable bonds is 3. The fraction of sp³-hybridized carbons (Fsp3) is 0.111. The number of hydrogen-bond acceptors (Lipinski definition) is 5. The van der Waals surface area contributed by atoms with Gasteiger partial charge in [0, 0.05) is 4.47 Å². The first-order valence-corrected chi connectivity index (χ1v) is 6.76. The Morgan fingerprint density at radius 2 is 2.19 bits per heavy atom. The third-order valence-corrected chi connectivity index (χ3v) is 3.97. The highest BCUT2D eigenvalue weighted by molar-refractivity contribution is 9.10. The van der Waals surface area contributed by atoms with Crippen molar-refractivity contribution in [2.45, 2.75) is 10.6 Å². The number of nitrogens with zero attached hydrogens (tertiary/aromatic N) is 2. The van der Waals surface area contributed by atoms with Crippen molar-refractivity contribution in [2.24, 2.45) is 0 Å². The summed E-state index contributed by atoms with van der Waals surface area (Å²) in [7, 11) is -3.43. The highest BCUT2D eigenvalue weighted by Crippen LogP contribution is 2.19. The molecule has 1 heterocycles. The lowest BCUT2D eigenvalue weighted by Gasteiger charge is -2.01. The largest absolute Gasteiger partial charge is 0.427 e. The van der Waals surface area contributed by atoms with Crippen LogP contribution in [0.3, 0.4) is 0 Å². The fourth-order valence-corrected chi connectivity index (χ4v) is 2.93. The van der Waals surface area contributed by atoms with Crippen molar-refractivity contribution in [3.63, 3.8) is 0 Å². The Morgan fingerprint density at radius 3 is 2.81 bits per heavy atom. The summed E-state index contributed by atoms with van der Waals surface area (Å²) < 4.78 is 29.3. The Kier molecular flexibility index (Phi) is 3.06. The second kappa shape index (κ2) is 4.34. The van der Waals surface area contributed by atoms with Gasteiger partial charge in [-0.25, -0.2) is 8.42 Å². The number of halogens is 1. The molecule has 0 bridgehead atoms. The molecule has 16 heavy (non-hydrogen) atoms. The zero-order chi connectivity index (χ0) is 11.6. The van der Waals surface area contributed by atoms with Crippen LogP contribution in [0.5, 0.6) is 0 Å². The minimum atomic E-state index is -3.43. The van der Waals surface area contributed by atoms with E-state index >= 15 is 0 Å². The standard InChI is InChI=1S/C9H7BrN2O3S/c10-7-2-1-3-8(4-7)16(13,14)5-9-12-11-6-15-9/h1-4,6H,5H2. The monoisotopic (exact) mass is 302 g/mol. The Bertz CT molecular complexity index is 581. The smallest absolute Gasteiger partial charge is 0.231 e.